The lowest BCUT2D eigenvalue weighted by Crippen LogP contribution is -2.45. The van der Waals surface area contributed by atoms with E-state index in [0.717, 1.165) is 21.7 Å². The number of hydrogen-bond acceptors (Lipinski definition) is 4. The van der Waals surface area contributed by atoms with Crippen LogP contribution in [0.25, 0.3) is 0 Å². The summed E-state index contributed by atoms with van der Waals surface area (Å²) in [6, 6.07) is 11.3. The number of sulfonamides is 1. The molecule has 0 fully saturated rings. The summed E-state index contributed by atoms with van der Waals surface area (Å²) >= 11 is 0. The number of hydrogen-bond donors (Lipinski definition) is 1. The Morgan fingerprint density at radius 1 is 1.08 bits per heavy atom. The zero-order chi connectivity index (χ0) is 19.5. The number of ether oxygens (including phenoxy) is 1. The predicted octanol–water partition coefficient (Wildman–Crippen LogP) is 3.11. The molecule has 2 rings (SSSR count). The van der Waals surface area contributed by atoms with Gasteiger partial charge in [-0.15, -0.1) is 0 Å². The minimum Gasteiger partial charge on any atom is -0.497 e. The first kappa shape index (κ1) is 19.8. The van der Waals surface area contributed by atoms with E-state index in [-0.39, 0.29) is 0 Å². The molecule has 0 radical (unpaired) electrons. The van der Waals surface area contributed by atoms with E-state index in [2.05, 4.69) is 5.32 Å². The summed E-state index contributed by atoms with van der Waals surface area (Å²) in [5, 5.41) is 2.80. The van der Waals surface area contributed by atoms with Gasteiger partial charge >= 0.3 is 0 Å². The maximum Gasteiger partial charge on any atom is 0.247 e. The molecule has 7 heteroatoms. The molecule has 1 atom stereocenters. The van der Waals surface area contributed by atoms with Crippen LogP contribution >= 0.6 is 0 Å². The summed E-state index contributed by atoms with van der Waals surface area (Å²) in [6.45, 7) is 5.43. The molecule has 1 N–H and O–H groups in total. The Labute approximate surface area is 154 Å². The lowest BCUT2D eigenvalue weighted by molar-refractivity contribution is -0.116. The number of carbonyl (C=O) groups is 1. The summed E-state index contributed by atoms with van der Waals surface area (Å²) in [5.41, 5.74) is 3.07. The van der Waals surface area contributed by atoms with Gasteiger partial charge in [0.25, 0.3) is 0 Å². The fourth-order valence-electron chi connectivity index (χ4n) is 2.83. The highest BCUT2D eigenvalue weighted by Crippen LogP contribution is 2.24. The van der Waals surface area contributed by atoms with Gasteiger partial charge in [0.2, 0.25) is 15.9 Å². The number of nitrogens with zero attached hydrogens (tertiary/aromatic N) is 1. The van der Waals surface area contributed by atoms with Crippen molar-refractivity contribution in [1.82, 2.24) is 0 Å². The van der Waals surface area contributed by atoms with Crippen LogP contribution in [0.3, 0.4) is 0 Å². The van der Waals surface area contributed by atoms with Crippen molar-refractivity contribution in [3.63, 3.8) is 0 Å². The Morgan fingerprint density at radius 2 is 1.62 bits per heavy atom. The molecule has 0 aliphatic rings. The molecule has 2 aromatic carbocycles. The van der Waals surface area contributed by atoms with Gasteiger partial charge in [-0.2, -0.15) is 0 Å². The van der Waals surface area contributed by atoms with Crippen molar-refractivity contribution in [2.45, 2.75) is 26.8 Å². The number of anilines is 2. The van der Waals surface area contributed by atoms with Gasteiger partial charge in [-0.05, 0) is 68.3 Å². The fourth-order valence-corrected chi connectivity index (χ4v) is 4.01. The van der Waals surface area contributed by atoms with Crippen LogP contribution in [0.4, 0.5) is 11.4 Å². The largest absolute Gasteiger partial charge is 0.497 e. The van der Waals surface area contributed by atoms with Crippen molar-refractivity contribution in [3.8, 4) is 5.75 Å². The van der Waals surface area contributed by atoms with Crippen LogP contribution < -0.4 is 14.4 Å². The Balaban J connectivity index is 2.30. The summed E-state index contributed by atoms with van der Waals surface area (Å²) in [5.74, 6) is 0.200. The quantitative estimate of drug-likeness (QED) is 0.840. The van der Waals surface area contributed by atoms with E-state index in [9.17, 15) is 13.2 Å². The lowest BCUT2D eigenvalue weighted by atomic mass is 10.1. The van der Waals surface area contributed by atoms with Crippen molar-refractivity contribution in [1.29, 1.82) is 0 Å². The number of methoxy groups -OCH3 is 1. The molecule has 0 aromatic heterocycles. The normalized spacial score (nSPS) is 12.3. The van der Waals surface area contributed by atoms with E-state index in [1.165, 1.54) is 7.11 Å². The maximum absolute atomic E-state index is 12.7. The summed E-state index contributed by atoms with van der Waals surface area (Å²) in [7, 11) is -2.13. The van der Waals surface area contributed by atoms with Gasteiger partial charge in [0, 0.05) is 5.69 Å². The first-order chi connectivity index (χ1) is 12.1. The summed E-state index contributed by atoms with van der Waals surface area (Å²) in [6.07, 6.45) is 1.08. The van der Waals surface area contributed by atoms with Gasteiger partial charge in [-0.25, -0.2) is 8.42 Å². The van der Waals surface area contributed by atoms with Crippen LogP contribution in [0.1, 0.15) is 18.1 Å². The van der Waals surface area contributed by atoms with E-state index < -0.39 is 22.0 Å². The topological polar surface area (TPSA) is 75.7 Å². The second kappa shape index (κ2) is 7.78. The number of rotatable bonds is 6. The molecule has 0 aliphatic carbocycles. The number of benzene rings is 2. The van der Waals surface area contributed by atoms with E-state index in [1.54, 1.807) is 31.2 Å². The molecule has 0 aliphatic heterocycles. The number of carbonyl (C=O) groups excluding carboxylic acids is 1. The van der Waals surface area contributed by atoms with Gasteiger partial charge < -0.3 is 10.1 Å². The Hall–Kier alpha value is -2.54. The molecule has 1 unspecified atom stereocenters. The van der Waals surface area contributed by atoms with Crippen LogP contribution in [-0.4, -0.2) is 33.7 Å². The molecule has 0 bridgehead atoms. The minimum absolute atomic E-state index is 0.399. The fraction of sp³-hybridized carbons (Fsp3) is 0.316. The average molecular weight is 376 g/mol. The molecule has 6 nitrogen and oxygen atoms in total. The zero-order valence-electron chi connectivity index (χ0n) is 15.6. The van der Waals surface area contributed by atoms with Gasteiger partial charge in [0.05, 0.1) is 19.1 Å². The van der Waals surface area contributed by atoms with Crippen LogP contribution in [0.15, 0.2) is 42.5 Å². The molecule has 0 saturated heterocycles. The average Bonchev–Trinajstić information content (AvgIpc) is 2.53. The van der Waals surface area contributed by atoms with E-state index >= 15 is 0 Å². The first-order valence-corrected chi connectivity index (χ1v) is 9.99. The smallest absolute Gasteiger partial charge is 0.247 e. The standard InChI is InChI=1S/C19H24N2O4S/c1-13-10-14(2)12-16(11-13)20-19(22)15(3)21(26(5,23)24)17-6-8-18(25-4)9-7-17/h6-12,15H,1-5H3,(H,20,22). The van der Waals surface area contributed by atoms with Gasteiger partial charge in [-0.1, -0.05) is 6.07 Å². The van der Waals surface area contributed by atoms with Gasteiger partial charge in [-0.3, -0.25) is 9.10 Å². The van der Waals surface area contributed by atoms with Gasteiger partial charge in [0.15, 0.2) is 0 Å². The maximum atomic E-state index is 12.7. The van der Waals surface area contributed by atoms with Crippen molar-refractivity contribution in [2.24, 2.45) is 0 Å². The molecular formula is C19H24N2O4S. The van der Waals surface area contributed by atoms with E-state index in [0.29, 0.717) is 17.1 Å². The Kier molecular flexibility index (Phi) is 5.92. The van der Waals surface area contributed by atoms with Crippen molar-refractivity contribution < 1.29 is 17.9 Å². The minimum atomic E-state index is -3.66. The molecule has 0 heterocycles. The van der Waals surface area contributed by atoms with E-state index in [1.807, 2.05) is 32.0 Å². The number of aryl methyl sites for hydroxylation is 2. The highest BCUT2D eigenvalue weighted by molar-refractivity contribution is 7.92. The highest BCUT2D eigenvalue weighted by atomic mass is 32.2. The predicted molar refractivity (Wildman–Crippen MR) is 104 cm³/mol. The van der Waals surface area contributed by atoms with Crippen LogP contribution in [-0.2, 0) is 14.8 Å². The van der Waals surface area contributed by atoms with Crippen LogP contribution in [0, 0.1) is 13.8 Å². The monoisotopic (exact) mass is 376 g/mol. The molecule has 1 amide bonds. The van der Waals surface area contributed by atoms with Crippen molar-refractivity contribution in [2.75, 3.05) is 23.0 Å². The zero-order valence-corrected chi connectivity index (χ0v) is 16.4. The second-order valence-electron chi connectivity index (χ2n) is 6.30. The van der Waals surface area contributed by atoms with E-state index in [4.69, 9.17) is 4.74 Å². The SMILES string of the molecule is COc1ccc(N(C(C)C(=O)Nc2cc(C)cc(C)c2)S(C)(=O)=O)cc1. The third-order valence-electron chi connectivity index (χ3n) is 3.90. The molecule has 26 heavy (non-hydrogen) atoms. The number of nitrogens with one attached hydrogen (secondary N) is 1. The molecule has 140 valence electrons. The number of amides is 1. The Morgan fingerprint density at radius 3 is 2.08 bits per heavy atom. The second-order valence-corrected chi connectivity index (χ2v) is 8.16. The summed E-state index contributed by atoms with van der Waals surface area (Å²) in [4.78, 5) is 12.7. The molecule has 2 aromatic rings. The molecular weight excluding hydrogens is 352 g/mol. The third-order valence-corrected chi connectivity index (χ3v) is 5.15. The Bertz CT molecular complexity index is 872. The van der Waals surface area contributed by atoms with Crippen LogP contribution in [0.2, 0.25) is 0 Å². The molecule has 0 spiro atoms. The van der Waals surface area contributed by atoms with Gasteiger partial charge in [0.1, 0.15) is 11.8 Å². The molecule has 0 saturated carbocycles. The highest BCUT2D eigenvalue weighted by Gasteiger charge is 2.29. The van der Waals surface area contributed by atoms with Crippen molar-refractivity contribution in [3.05, 3.63) is 53.6 Å². The third kappa shape index (κ3) is 4.76. The first-order valence-electron chi connectivity index (χ1n) is 8.14. The van der Waals surface area contributed by atoms with Crippen molar-refractivity contribution >= 4 is 27.3 Å². The summed E-state index contributed by atoms with van der Waals surface area (Å²) < 4.78 is 30.8. The van der Waals surface area contributed by atoms with Crippen LogP contribution in [0.5, 0.6) is 5.75 Å². The lowest BCUT2D eigenvalue weighted by Gasteiger charge is -2.28.